The topological polar surface area (TPSA) is 65.1 Å². The lowest BCUT2D eigenvalue weighted by molar-refractivity contribution is -0.186. The van der Waals surface area contributed by atoms with Crippen molar-refractivity contribution < 1.29 is 23.8 Å². The molecule has 0 radical (unpaired) electrons. The second-order valence-corrected chi connectivity index (χ2v) is 6.45. The van der Waals surface area contributed by atoms with E-state index in [1.807, 2.05) is 0 Å². The first kappa shape index (κ1) is 15.7. The zero-order chi connectivity index (χ0) is 15.6. The molecule has 6 heteroatoms. The fourth-order valence-corrected chi connectivity index (χ4v) is 3.90. The van der Waals surface area contributed by atoms with Gasteiger partial charge in [0.2, 0.25) is 5.91 Å². The Morgan fingerprint density at radius 3 is 2.41 bits per heavy atom. The standard InChI is InChI=1S/C16H25NO5/c1-20-15(19)13-4-2-3-9-17(13)14(18)12-5-7-16(8-6-12)21-10-11-22-16/h12-13H,2-11H2,1H3. The molecule has 2 saturated heterocycles. The molecule has 124 valence electrons. The number of carbonyl (C=O) groups excluding carboxylic acids is 2. The first-order valence-electron chi connectivity index (χ1n) is 8.31. The van der Waals surface area contributed by atoms with Gasteiger partial charge in [-0.3, -0.25) is 4.79 Å². The van der Waals surface area contributed by atoms with E-state index in [0.29, 0.717) is 26.2 Å². The van der Waals surface area contributed by atoms with E-state index in [-0.39, 0.29) is 17.8 Å². The molecule has 0 N–H and O–H groups in total. The summed E-state index contributed by atoms with van der Waals surface area (Å²) >= 11 is 0. The first-order chi connectivity index (χ1) is 10.7. The molecule has 1 aliphatic carbocycles. The number of ether oxygens (including phenoxy) is 3. The monoisotopic (exact) mass is 311 g/mol. The van der Waals surface area contributed by atoms with Crippen LogP contribution in [0, 0.1) is 5.92 Å². The van der Waals surface area contributed by atoms with E-state index in [2.05, 4.69) is 0 Å². The van der Waals surface area contributed by atoms with Gasteiger partial charge in [0.1, 0.15) is 6.04 Å². The largest absolute Gasteiger partial charge is 0.467 e. The van der Waals surface area contributed by atoms with Crippen molar-refractivity contribution in [3.63, 3.8) is 0 Å². The molecular weight excluding hydrogens is 286 g/mol. The molecular formula is C16H25NO5. The third kappa shape index (κ3) is 2.99. The number of rotatable bonds is 2. The Morgan fingerprint density at radius 2 is 1.77 bits per heavy atom. The molecule has 0 aromatic carbocycles. The number of carbonyl (C=O) groups is 2. The SMILES string of the molecule is COC(=O)C1CCCCN1C(=O)C1CCC2(CC1)OCCO2. The number of methoxy groups -OCH3 is 1. The number of esters is 1. The fourth-order valence-electron chi connectivity index (χ4n) is 3.90. The normalized spacial score (nSPS) is 28.8. The van der Waals surface area contributed by atoms with E-state index >= 15 is 0 Å². The molecule has 1 saturated carbocycles. The molecule has 2 heterocycles. The molecule has 3 fully saturated rings. The summed E-state index contributed by atoms with van der Waals surface area (Å²) in [6.45, 7) is 1.96. The van der Waals surface area contributed by atoms with Gasteiger partial charge in [0, 0.05) is 25.3 Å². The van der Waals surface area contributed by atoms with Gasteiger partial charge in [0.25, 0.3) is 0 Å². The van der Waals surface area contributed by atoms with Crippen LogP contribution in [0.25, 0.3) is 0 Å². The van der Waals surface area contributed by atoms with Gasteiger partial charge in [-0.15, -0.1) is 0 Å². The van der Waals surface area contributed by atoms with Crippen LogP contribution in [-0.4, -0.2) is 55.5 Å². The molecule has 0 bridgehead atoms. The van der Waals surface area contributed by atoms with Gasteiger partial charge in [-0.25, -0.2) is 4.79 Å². The van der Waals surface area contributed by atoms with Crippen molar-refractivity contribution in [3.05, 3.63) is 0 Å². The third-order valence-corrected chi connectivity index (χ3v) is 5.17. The summed E-state index contributed by atoms with van der Waals surface area (Å²) in [6.07, 6.45) is 5.70. The van der Waals surface area contributed by atoms with Gasteiger partial charge in [0.15, 0.2) is 5.79 Å². The van der Waals surface area contributed by atoms with Crippen molar-refractivity contribution in [3.8, 4) is 0 Å². The highest BCUT2D eigenvalue weighted by molar-refractivity contribution is 5.86. The maximum absolute atomic E-state index is 12.8. The maximum atomic E-state index is 12.8. The van der Waals surface area contributed by atoms with E-state index in [1.165, 1.54) is 7.11 Å². The van der Waals surface area contributed by atoms with Crippen molar-refractivity contribution in [1.82, 2.24) is 4.90 Å². The summed E-state index contributed by atoms with van der Waals surface area (Å²) in [5, 5.41) is 0. The molecule has 3 rings (SSSR count). The van der Waals surface area contributed by atoms with Gasteiger partial charge in [-0.1, -0.05) is 0 Å². The van der Waals surface area contributed by atoms with Gasteiger partial charge >= 0.3 is 5.97 Å². The second-order valence-electron chi connectivity index (χ2n) is 6.45. The Labute approximate surface area is 131 Å². The van der Waals surface area contributed by atoms with Crippen molar-refractivity contribution in [2.45, 2.75) is 56.8 Å². The molecule has 0 aromatic rings. The van der Waals surface area contributed by atoms with Crippen molar-refractivity contribution in [1.29, 1.82) is 0 Å². The number of likely N-dealkylation sites (tertiary alicyclic amines) is 1. The highest BCUT2D eigenvalue weighted by atomic mass is 16.7. The average molecular weight is 311 g/mol. The number of hydrogen-bond acceptors (Lipinski definition) is 5. The lowest BCUT2D eigenvalue weighted by atomic mass is 9.83. The minimum atomic E-state index is -0.444. The number of nitrogens with zero attached hydrogens (tertiary/aromatic N) is 1. The summed E-state index contributed by atoms with van der Waals surface area (Å²) in [6, 6.07) is -0.402. The summed E-state index contributed by atoms with van der Waals surface area (Å²) in [4.78, 5) is 26.5. The van der Waals surface area contributed by atoms with Crippen molar-refractivity contribution in [2.24, 2.45) is 5.92 Å². The molecule has 1 amide bonds. The van der Waals surface area contributed by atoms with Crippen LogP contribution in [0.2, 0.25) is 0 Å². The Bertz CT molecular complexity index is 422. The summed E-state index contributed by atoms with van der Waals surface area (Å²) in [5.74, 6) is -0.658. The number of hydrogen-bond donors (Lipinski definition) is 0. The minimum Gasteiger partial charge on any atom is -0.467 e. The molecule has 6 nitrogen and oxygen atoms in total. The van der Waals surface area contributed by atoms with E-state index < -0.39 is 11.8 Å². The van der Waals surface area contributed by atoms with Crippen LogP contribution >= 0.6 is 0 Å². The van der Waals surface area contributed by atoms with Crippen LogP contribution in [-0.2, 0) is 23.8 Å². The van der Waals surface area contributed by atoms with Crippen molar-refractivity contribution >= 4 is 11.9 Å². The highest BCUT2D eigenvalue weighted by Crippen LogP contribution is 2.39. The van der Waals surface area contributed by atoms with Crippen LogP contribution < -0.4 is 0 Å². The quantitative estimate of drug-likeness (QED) is 0.723. The lowest BCUT2D eigenvalue weighted by Crippen LogP contribution is -2.51. The second kappa shape index (κ2) is 6.54. The van der Waals surface area contributed by atoms with Gasteiger partial charge in [-0.05, 0) is 32.1 Å². The lowest BCUT2D eigenvalue weighted by Gasteiger charge is -2.39. The fraction of sp³-hybridized carbons (Fsp3) is 0.875. The molecule has 3 aliphatic rings. The maximum Gasteiger partial charge on any atom is 0.328 e. The number of amides is 1. The Kier molecular flexibility index (Phi) is 4.68. The molecule has 1 unspecified atom stereocenters. The summed E-state index contributed by atoms with van der Waals surface area (Å²) in [5.41, 5.74) is 0. The average Bonchev–Trinajstić information content (AvgIpc) is 3.02. The zero-order valence-corrected chi connectivity index (χ0v) is 13.2. The van der Waals surface area contributed by atoms with Crippen LogP contribution in [0.5, 0.6) is 0 Å². The molecule has 22 heavy (non-hydrogen) atoms. The van der Waals surface area contributed by atoms with Crippen LogP contribution in [0.15, 0.2) is 0 Å². The Balaban J connectivity index is 1.61. The molecule has 1 atom stereocenters. The van der Waals surface area contributed by atoms with Crippen LogP contribution in [0.3, 0.4) is 0 Å². The predicted molar refractivity (Wildman–Crippen MR) is 78.0 cm³/mol. The molecule has 1 spiro atoms. The predicted octanol–water partition coefficient (Wildman–Crippen LogP) is 1.47. The minimum absolute atomic E-state index is 0.0244. The molecule has 0 aromatic heterocycles. The van der Waals surface area contributed by atoms with E-state index in [9.17, 15) is 9.59 Å². The van der Waals surface area contributed by atoms with E-state index in [1.54, 1.807) is 4.90 Å². The zero-order valence-electron chi connectivity index (χ0n) is 13.2. The highest BCUT2D eigenvalue weighted by Gasteiger charge is 2.44. The third-order valence-electron chi connectivity index (χ3n) is 5.17. The van der Waals surface area contributed by atoms with E-state index in [4.69, 9.17) is 14.2 Å². The van der Waals surface area contributed by atoms with Gasteiger partial charge in [-0.2, -0.15) is 0 Å². The summed E-state index contributed by atoms with van der Waals surface area (Å²) < 4.78 is 16.3. The van der Waals surface area contributed by atoms with Crippen LogP contribution in [0.1, 0.15) is 44.9 Å². The molecule has 2 aliphatic heterocycles. The van der Waals surface area contributed by atoms with Gasteiger partial charge in [0.05, 0.1) is 20.3 Å². The van der Waals surface area contributed by atoms with E-state index in [0.717, 1.165) is 38.5 Å². The van der Waals surface area contributed by atoms with Gasteiger partial charge < -0.3 is 19.1 Å². The Hall–Kier alpha value is -1.14. The Morgan fingerprint density at radius 1 is 1.09 bits per heavy atom. The summed E-state index contributed by atoms with van der Waals surface area (Å²) in [7, 11) is 1.39. The smallest absolute Gasteiger partial charge is 0.328 e. The van der Waals surface area contributed by atoms with Crippen molar-refractivity contribution in [2.75, 3.05) is 26.9 Å². The number of piperidine rings is 1. The van der Waals surface area contributed by atoms with Crippen LogP contribution in [0.4, 0.5) is 0 Å². The first-order valence-corrected chi connectivity index (χ1v) is 8.31.